The van der Waals surface area contributed by atoms with Crippen molar-refractivity contribution in [1.29, 1.82) is 0 Å². The lowest BCUT2D eigenvalue weighted by molar-refractivity contribution is 0.220. The van der Waals surface area contributed by atoms with Gasteiger partial charge in [0.2, 0.25) is 5.57 Å². The highest BCUT2D eigenvalue weighted by molar-refractivity contribution is 7.58. The first-order chi connectivity index (χ1) is 7.62. The first-order valence-corrected chi connectivity index (χ1v) is 7.40. The van der Waals surface area contributed by atoms with Gasteiger partial charge in [0.15, 0.2) is 0 Å². The molecule has 1 heterocycles. The molecule has 3 nitrogen and oxygen atoms in total. The van der Waals surface area contributed by atoms with Gasteiger partial charge in [-0.2, -0.15) is 15.7 Å². The number of hydrogen-bond donors (Lipinski definition) is 0. The van der Waals surface area contributed by atoms with Crippen LogP contribution in [-0.4, -0.2) is 13.2 Å². The zero-order valence-corrected chi connectivity index (χ0v) is 10.9. The van der Waals surface area contributed by atoms with E-state index in [1.807, 2.05) is 5.38 Å². The minimum atomic E-state index is -3.75. The molecule has 6 heteroatoms. The Labute approximate surface area is 98.4 Å². The highest BCUT2D eigenvalue weighted by Crippen LogP contribution is 2.57. The first-order valence-electron chi connectivity index (χ1n) is 4.91. The molecule has 0 radical (unpaired) electrons. The fraction of sp³-hybridized carbons (Fsp3) is 0.400. The van der Waals surface area contributed by atoms with Crippen molar-refractivity contribution >= 4 is 25.0 Å². The smallest absolute Gasteiger partial charge is 0.304 e. The molecule has 1 rings (SSSR count). The quantitative estimate of drug-likeness (QED) is 0.719. The van der Waals surface area contributed by atoms with Crippen LogP contribution in [-0.2, 0) is 13.6 Å². The standard InChI is InChI=1S/C10H14FO3PS/c1-3-13-15(12,14-4-2)10(11)7-9-5-6-16-8-9/h5-8H,3-4H2,1-2H3/b10-7+. The van der Waals surface area contributed by atoms with Crippen molar-refractivity contribution in [3.8, 4) is 0 Å². The Morgan fingerprint density at radius 1 is 1.50 bits per heavy atom. The maximum atomic E-state index is 13.7. The van der Waals surface area contributed by atoms with Gasteiger partial charge in [-0.05, 0) is 42.3 Å². The van der Waals surface area contributed by atoms with E-state index in [1.54, 1.807) is 25.3 Å². The van der Waals surface area contributed by atoms with Gasteiger partial charge in [0.05, 0.1) is 13.2 Å². The Hall–Kier alpha value is -0.480. The summed E-state index contributed by atoms with van der Waals surface area (Å²) in [6.45, 7) is 3.57. The largest absolute Gasteiger partial charge is 0.389 e. The van der Waals surface area contributed by atoms with Crippen molar-refractivity contribution in [2.75, 3.05) is 13.2 Å². The third-order valence-corrected chi connectivity index (χ3v) is 4.24. The second-order valence-corrected chi connectivity index (χ2v) is 5.58. The van der Waals surface area contributed by atoms with Crippen molar-refractivity contribution < 1.29 is 18.0 Å². The van der Waals surface area contributed by atoms with Crippen LogP contribution in [0.25, 0.3) is 6.08 Å². The number of hydrogen-bond acceptors (Lipinski definition) is 4. The third-order valence-electron chi connectivity index (χ3n) is 1.69. The zero-order valence-electron chi connectivity index (χ0n) is 9.18. The van der Waals surface area contributed by atoms with Gasteiger partial charge in [0, 0.05) is 0 Å². The monoisotopic (exact) mass is 264 g/mol. The lowest BCUT2D eigenvalue weighted by Gasteiger charge is -2.14. The van der Waals surface area contributed by atoms with E-state index in [2.05, 4.69) is 0 Å². The van der Waals surface area contributed by atoms with E-state index in [1.165, 1.54) is 17.4 Å². The number of rotatable bonds is 6. The molecule has 16 heavy (non-hydrogen) atoms. The Bertz CT molecular complexity index is 379. The molecule has 90 valence electrons. The lowest BCUT2D eigenvalue weighted by atomic mass is 10.3. The lowest BCUT2D eigenvalue weighted by Crippen LogP contribution is -1.96. The average molecular weight is 264 g/mol. The van der Waals surface area contributed by atoms with E-state index in [9.17, 15) is 8.96 Å². The van der Waals surface area contributed by atoms with E-state index >= 15 is 0 Å². The van der Waals surface area contributed by atoms with Gasteiger partial charge in [0.1, 0.15) is 0 Å². The van der Waals surface area contributed by atoms with Gasteiger partial charge in [-0.25, -0.2) is 0 Å². The fourth-order valence-corrected chi connectivity index (χ4v) is 3.00. The first kappa shape index (κ1) is 13.6. The Morgan fingerprint density at radius 3 is 2.56 bits per heavy atom. The summed E-state index contributed by atoms with van der Waals surface area (Å²) in [6, 6.07) is 1.73. The van der Waals surface area contributed by atoms with Crippen LogP contribution in [0.5, 0.6) is 0 Å². The van der Waals surface area contributed by atoms with Crippen molar-refractivity contribution in [3.05, 3.63) is 28.0 Å². The topological polar surface area (TPSA) is 35.5 Å². The normalized spacial score (nSPS) is 13.1. The van der Waals surface area contributed by atoms with Crippen LogP contribution < -0.4 is 0 Å². The maximum Gasteiger partial charge on any atom is 0.389 e. The molecule has 0 atom stereocenters. The summed E-state index contributed by atoms with van der Waals surface area (Å²) in [5.41, 5.74) is -0.197. The molecule has 0 amide bonds. The van der Waals surface area contributed by atoms with Gasteiger partial charge in [-0.1, -0.05) is 0 Å². The molecule has 0 bridgehead atoms. The van der Waals surface area contributed by atoms with Crippen molar-refractivity contribution in [2.45, 2.75) is 13.8 Å². The van der Waals surface area contributed by atoms with Gasteiger partial charge >= 0.3 is 7.60 Å². The third kappa shape index (κ3) is 3.52. The van der Waals surface area contributed by atoms with Crippen molar-refractivity contribution in [1.82, 2.24) is 0 Å². The summed E-state index contributed by atoms with van der Waals surface area (Å²) in [5.74, 6) is 0. The Kier molecular flexibility index (Phi) is 5.35. The van der Waals surface area contributed by atoms with Crippen LogP contribution in [0.3, 0.4) is 0 Å². The molecule has 0 aliphatic carbocycles. The summed E-state index contributed by atoms with van der Waals surface area (Å²) in [7, 11) is -3.75. The molecule has 0 aliphatic heterocycles. The summed E-state index contributed by atoms with van der Waals surface area (Å²) >= 11 is 1.44. The molecule has 0 N–H and O–H groups in total. The summed E-state index contributed by atoms with van der Waals surface area (Å²) in [5, 5.41) is 3.56. The van der Waals surface area contributed by atoms with Gasteiger partial charge in [-0.15, -0.1) is 0 Å². The summed E-state index contributed by atoms with van der Waals surface area (Å²) in [6.07, 6.45) is 1.18. The van der Waals surface area contributed by atoms with E-state index in [0.717, 1.165) is 0 Å². The molecule has 0 aromatic carbocycles. The second kappa shape index (κ2) is 6.30. The molecular weight excluding hydrogens is 250 g/mol. The molecule has 1 aromatic heterocycles. The molecule has 0 saturated heterocycles. The maximum absolute atomic E-state index is 13.7. The minimum absolute atomic E-state index is 0.141. The van der Waals surface area contributed by atoms with Gasteiger partial charge in [0.25, 0.3) is 0 Å². The van der Waals surface area contributed by atoms with Crippen LogP contribution in [0.4, 0.5) is 4.39 Å². The van der Waals surface area contributed by atoms with E-state index in [4.69, 9.17) is 9.05 Å². The highest BCUT2D eigenvalue weighted by atomic mass is 32.1. The molecule has 0 unspecified atom stereocenters. The predicted octanol–water partition coefficient (Wildman–Crippen LogP) is 4.28. The van der Waals surface area contributed by atoms with E-state index < -0.39 is 13.2 Å². The molecule has 0 saturated carbocycles. The summed E-state index contributed by atoms with van der Waals surface area (Å²) < 4.78 is 35.4. The molecule has 0 spiro atoms. The predicted molar refractivity (Wildman–Crippen MR) is 64.3 cm³/mol. The van der Waals surface area contributed by atoms with Crippen LogP contribution in [0.2, 0.25) is 0 Å². The fourth-order valence-electron chi connectivity index (χ4n) is 1.07. The molecule has 0 aliphatic rings. The van der Waals surface area contributed by atoms with Crippen LogP contribution in [0.1, 0.15) is 19.4 Å². The molecular formula is C10H14FO3PS. The molecule has 1 aromatic rings. The van der Waals surface area contributed by atoms with Crippen molar-refractivity contribution in [2.24, 2.45) is 0 Å². The summed E-state index contributed by atoms with van der Waals surface area (Å²) in [4.78, 5) is 0. The van der Waals surface area contributed by atoms with Gasteiger partial charge in [-0.3, -0.25) is 4.57 Å². The van der Waals surface area contributed by atoms with E-state index in [0.29, 0.717) is 5.56 Å². The van der Waals surface area contributed by atoms with E-state index in [-0.39, 0.29) is 13.2 Å². The average Bonchev–Trinajstić information content (AvgIpc) is 2.71. The number of halogens is 1. The number of thiophene rings is 1. The second-order valence-electron chi connectivity index (χ2n) is 2.86. The minimum Gasteiger partial charge on any atom is -0.304 e. The SMILES string of the molecule is CCOP(=O)(OCC)/C(F)=C/c1ccsc1. The Morgan fingerprint density at radius 2 is 2.12 bits per heavy atom. The van der Waals surface area contributed by atoms with Gasteiger partial charge < -0.3 is 9.05 Å². The molecule has 0 fully saturated rings. The van der Waals surface area contributed by atoms with Crippen LogP contribution >= 0.6 is 18.9 Å². The van der Waals surface area contributed by atoms with Crippen LogP contribution in [0, 0.1) is 0 Å². The Balaban J connectivity index is 2.90. The van der Waals surface area contributed by atoms with Crippen molar-refractivity contribution in [3.63, 3.8) is 0 Å². The zero-order chi connectivity index (χ0) is 12.0. The van der Waals surface area contributed by atoms with Crippen LogP contribution in [0.15, 0.2) is 22.4 Å². The highest BCUT2D eigenvalue weighted by Gasteiger charge is 2.30.